The summed E-state index contributed by atoms with van der Waals surface area (Å²) in [6.07, 6.45) is 4.07. The zero-order valence-corrected chi connectivity index (χ0v) is 15.4. The van der Waals surface area contributed by atoms with Crippen molar-refractivity contribution in [3.05, 3.63) is 57.5 Å². The van der Waals surface area contributed by atoms with Gasteiger partial charge in [-0.15, -0.1) is 11.3 Å². The van der Waals surface area contributed by atoms with E-state index in [0.717, 1.165) is 48.0 Å². The molecule has 0 saturated carbocycles. The maximum Gasteiger partial charge on any atom is 0.282 e. The molecule has 4 rings (SSSR count). The number of nitrogens with zero attached hydrogens (tertiary/aromatic N) is 4. The van der Waals surface area contributed by atoms with Crippen LogP contribution in [0.4, 0.5) is 5.69 Å². The summed E-state index contributed by atoms with van der Waals surface area (Å²) >= 11 is 1.56. The summed E-state index contributed by atoms with van der Waals surface area (Å²) in [5.74, 6) is 0. The third-order valence-electron chi connectivity index (χ3n) is 4.44. The lowest BCUT2D eigenvalue weighted by Crippen LogP contribution is -2.36. The largest absolute Gasteiger partial charge is 0.378 e. The lowest BCUT2D eigenvalue weighted by atomic mass is 10.2. The van der Waals surface area contributed by atoms with Gasteiger partial charge in [0.25, 0.3) is 5.56 Å². The lowest BCUT2D eigenvalue weighted by Gasteiger charge is -2.28. The molecule has 134 valence electrons. The second kappa shape index (κ2) is 7.39. The fraction of sp³-hybridized carbons (Fsp3) is 0.316. The average Bonchev–Trinajstić information content (AvgIpc) is 3.13. The molecule has 3 heterocycles. The third-order valence-corrected chi connectivity index (χ3v) is 5.62. The molecule has 0 spiro atoms. The van der Waals surface area contributed by atoms with Crippen LogP contribution in [0.15, 0.2) is 46.6 Å². The second-order valence-corrected chi connectivity index (χ2v) is 7.23. The van der Waals surface area contributed by atoms with Crippen LogP contribution in [0.3, 0.4) is 0 Å². The van der Waals surface area contributed by atoms with E-state index < -0.39 is 0 Å². The highest BCUT2D eigenvalue weighted by Crippen LogP contribution is 2.21. The summed E-state index contributed by atoms with van der Waals surface area (Å²) in [7, 11) is 0. The Morgan fingerprint density at radius 2 is 2.04 bits per heavy atom. The van der Waals surface area contributed by atoms with Crippen molar-refractivity contribution in [2.45, 2.75) is 13.3 Å². The van der Waals surface area contributed by atoms with Crippen LogP contribution in [0.1, 0.15) is 17.4 Å². The van der Waals surface area contributed by atoms with Crippen molar-refractivity contribution in [2.24, 2.45) is 5.10 Å². The summed E-state index contributed by atoms with van der Waals surface area (Å²) in [6, 6.07) is 10.1. The van der Waals surface area contributed by atoms with Crippen LogP contribution < -0.4 is 10.5 Å². The standard InChI is InChI=1S/C19H20N4O2S/c1-2-16-11-17-18(26-16)20-13-23(19(17)24)21-12-14-3-5-15(6-4-14)22-7-9-25-10-8-22/h3-6,11-13H,2,7-10H2,1H3/b21-12-. The number of anilines is 1. The first kappa shape index (κ1) is 16.9. The lowest BCUT2D eigenvalue weighted by molar-refractivity contribution is 0.122. The summed E-state index contributed by atoms with van der Waals surface area (Å²) in [6.45, 7) is 5.43. The zero-order valence-electron chi connectivity index (χ0n) is 14.6. The number of rotatable bonds is 4. The van der Waals surface area contributed by atoms with Crippen molar-refractivity contribution >= 4 is 33.5 Å². The third kappa shape index (κ3) is 3.40. The van der Waals surface area contributed by atoms with Crippen molar-refractivity contribution in [1.82, 2.24) is 9.66 Å². The minimum Gasteiger partial charge on any atom is -0.378 e. The van der Waals surface area contributed by atoms with E-state index in [1.807, 2.05) is 18.2 Å². The van der Waals surface area contributed by atoms with Crippen LogP contribution >= 0.6 is 11.3 Å². The van der Waals surface area contributed by atoms with Crippen molar-refractivity contribution < 1.29 is 4.74 Å². The van der Waals surface area contributed by atoms with Gasteiger partial charge in [0.15, 0.2) is 0 Å². The molecular weight excluding hydrogens is 348 g/mol. The fourth-order valence-corrected chi connectivity index (χ4v) is 3.87. The Morgan fingerprint density at radius 3 is 2.77 bits per heavy atom. The van der Waals surface area contributed by atoms with Crippen molar-refractivity contribution in [1.29, 1.82) is 0 Å². The quantitative estimate of drug-likeness (QED) is 0.665. The van der Waals surface area contributed by atoms with Crippen LogP contribution in [0.25, 0.3) is 10.2 Å². The van der Waals surface area contributed by atoms with Crippen molar-refractivity contribution in [2.75, 3.05) is 31.2 Å². The normalized spacial score (nSPS) is 15.2. The molecule has 1 fully saturated rings. The molecule has 0 amide bonds. The highest BCUT2D eigenvalue weighted by atomic mass is 32.1. The van der Waals surface area contributed by atoms with Gasteiger partial charge in [-0.1, -0.05) is 19.1 Å². The molecule has 1 saturated heterocycles. The second-order valence-electron chi connectivity index (χ2n) is 6.11. The molecule has 0 unspecified atom stereocenters. The Morgan fingerprint density at radius 1 is 1.27 bits per heavy atom. The minimum atomic E-state index is -0.132. The van der Waals surface area contributed by atoms with Gasteiger partial charge >= 0.3 is 0 Å². The molecule has 1 aliphatic rings. The number of hydrogen-bond acceptors (Lipinski definition) is 6. The van der Waals surface area contributed by atoms with Crippen LogP contribution in [0.2, 0.25) is 0 Å². The Kier molecular flexibility index (Phi) is 4.81. The Labute approximate surface area is 155 Å². The summed E-state index contributed by atoms with van der Waals surface area (Å²) in [5.41, 5.74) is 1.98. The molecule has 1 aliphatic heterocycles. The van der Waals surface area contributed by atoms with E-state index in [9.17, 15) is 4.79 Å². The number of aryl methyl sites for hydroxylation is 1. The molecule has 0 aliphatic carbocycles. The van der Waals surface area contributed by atoms with E-state index in [-0.39, 0.29) is 5.56 Å². The molecule has 0 N–H and O–H groups in total. The maximum absolute atomic E-state index is 12.5. The van der Waals surface area contributed by atoms with E-state index in [0.29, 0.717) is 5.39 Å². The number of hydrogen-bond donors (Lipinski definition) is 0. The van der Waals surface area contributed by atoms with Gasteiger partial charge in [0.1, 0.15) is 11.2 Å². The van der Waals surface area contributed by atoms with Crippen LogP contribution in [-0.4, -0.2) is 42.2 Å². The van der Waals surface area contributed by atoms with Crippen molar-refractivity contribution in [3.63, 3.8) is 0 Å². The molecule has 7 heteroatoms. The molecule has 2 aromatic heterocycles. The van der Waals surface area contributed by atoms with Gasteiger partial charge in [-0.05, 0) is 30.2 Å². The van der Waals surface area contributed by atoms with Gasteiger partial charge < -0.3 is 9.64 Å². The highest BCUT2D eigenvalue weighted by molar-refractivity contribution is 7.18. The molecular formula is C19H20N4O2S. The molecule has 26 heavy (non-hydrogen) atoms. The van der Waals surface area contributed by atoms with Crippen molar-refractivity contribution in [3.8, 4) is 0 Å². The van der Waals surface area contributed by atoms with E-state index in [1.165, 1.54) is 16.7 Å². The SMILES string of the molecule is CCc1cc2c(=O)n(/N=C\c3ccc(N4CCOCC4)cc3)cnc2s1. The van der Waals surface area contributed by atoms with Gasteiger partial charge in [0.05, 0.1) is 24.8 Å². The van der Waals surface area contributed by atoms with Crippen LogP contribution in [0, 0.1) is 0 Å². The van der Waals surface area contributed by atoms with Crippen LogP contribution in [-0.2, 0) is 11.2 Å². The first-order valence-corrected chi connectivity index (χ1v) is 9.53. The first-order valence-electron chi connectivity index (χ1n) is 8.72. The Hall–Kier alpha value is -2.51. The van der Waals surface area contributed by atoms with Gasteiger partial charge in [0.2, 0.25) is 0 Å². The fourth-order valence-electron chi connectivity index (χ4n) is 2.94. The van der Waals surface area contributed by atoms with E-state index >= 15 is 0 Å². The van der Waals surface area contributed by atoms with Gasteiger partial charge in [-0.25, -0.2) is 4.98 Å². The number of thiophene rings is 1. The molecule has 0 radical (unpaired) electrons. The molecule has 3 aromatic rings. The predicted octanol–water partition coefficient (Wildman–Crippen LogP) is 2.74. The summed E-state index contributed by atoms with van der Waals surface area (Å²) < 4.78 is 6.68. The maximum atomic E-state index is 12.5. The zero-order chi connectivity index (χ0) is 17.9. The number of morpholine rings is 1. The molecule has 0 bridgehead atoms. The summed E-state index contributed by atoms with van der Waals surface area (Å²) in [4.78, 5) is 21.1. The predicted molar refractivity (Wildman–Crippen MR) is 106 cm³/mol. The Balaban J connectivity index is 1.55. The van der Waals surface area contributed by atoms with E-state index in [4.69, 9.17) is 4.74 Å². The smallest absolute Gasteiger partial charge is 0.282 e. The Bertz CT molecular complexity index is 985. The van der Waals surface area contributed by atoms with Gasteiger partial charge in [-0.2, -0.15) is 9.78 Å². The number of aromatic nitrogens is 2. The molecule has 6 nitrogen and oxygen atoms in total. The highest BCUT2D eigenvalue weighted by Gasteiger charge is 2.10. The van der Waals surface area contributed by atoms with E-state index in [2.05, 4.69) is 34.0 Å². The number of ether oxygens (including phenoxy) is 1. The monoisotopic (exact) mass is 368 g/mol. The average molecular weight is 368 g/mol. The van der Waals surface area contributed by atoms with Crippen LogP contribution in [0.5, 0.6) is 0 Å². The molecule has 1 aromatic carbocycles. The molecule has 0 atom stereocenters. The first-order chi connectivity index (χ1) is 12.7. The summed E-state index contributed by atoms with van der Waals surface area (Å²) in [5, 5.41) is 4.92. The topological polar surface area (TPSA) is 59.7 Å². The number of fused-ring (bicyclic) bond motifs is 1. The van der Waals surface area contributed by atoms with Gasteiger partial charge in [-0.3, -0.25) is 4.79 Å². The van der Waals surface area contributed by atoms with E-state index in [1.54, 1.807) is 17.6 Å². The minimum absolute atomic E-state index is 0.132. The number of benzene rings is 1. The van der Waals surface area contributed by atoms with Gasteiger partial charge in [0, 0.05) is 23.7 Å².